The summed E-state index contributed by atoms with van der Waals surface area (Å²) in [7, 11) is 4.64. The fraction of sp³-hybridized carbons (Fsp3) is 0.524. The van der Waals surface area contributed by atoms with Gasteiger partial charge in [-0.1, -0.05) is 19.4 Å². The zero-order valence-corrected chi connectivity index (χ0v) is 18.1. The largest absolute Gasteiger partial charge is 0.493 e. The van der Waals surface area contributed by atoms with Crippen LogP contribution in [0, 0.1) is 0 Å². The van der Waals surface area contributed by atoms with E-state index < -0.39 is 6.10 Å². The van der Waals surface area contributed by atoms with E-state index in [0.717, 1.165) is 17.4 Å². The van der Waals surface area contributed by atoms with Gasteiger partial charge in [-0.2, -0.15) is 0 Å². The van der Waals surface area contributed by atoms with Gasteiger partial charge in [-0.05, 0) is 24.1 Å². The lowest BCUT2D eigenvalue weighted by molar-refractivity contribution is 0.105. The zero-order valence-electron chi connectivity index (χ0n) is 18.1. The van der Waals surface area contributed by atoms with Crippen molar-refractivity contribution in [2.75, 3.05) is 38.7 Å². The normalized spacial score (nSPS) is 11.9. The minimum atomic E-state index is -0.696. The Balaban J connectivity index is 1.74. The van der Waals surface area contributed by atoms with Crippen LogP contribution in [0.25, 0.3) is 0 Å². The standard InChI is InChI=1S/C21H32N4O5/c1-5-6-15-7-8-17(18(11-15)29-4)30-14-16(26)13-22-9-10-23-19-12-20(27)25(3)21(28)24(19)2/h7-8,11-12,16,22-23,26H,5-6,9-10,13-14H2,1-4H3. The molecular formula is C21H32N4O5. The van der Waals surface area contributed by atoms with E-state index in [4.69, 9.17) is 9.47 Å². The van der Waals surface area contributed by atoms with Gasteiger partial charge in [0.05, 0.1) is 7.11 Å². The lowest BCUT2D eigenvalue weighted by Crippen LogP contribution is -2.38. The number of aliphatic hydroxyl groups excluding tert-OH is 1. The van der Waals surface area contributed by atoms with Crippen molar-refractivity contribution in [3.8, 4) is 11.5 Å². The summed E-state index contributed by atoms with van der Waals surface area (Å²) < 4.78 is 13.5. The van der Waals surface area contributed by atoms with Gasteiger partial charge in [0, 0.05) is 39.8 Å². The molecule has 9 heteroatoms. The van der Waals surface area contributed by atoms with Gasteiger partial charge in [0.1, 0.15) is 18.5 Å². The van der Waals surface area contributed by atoms with Crippen molar-refractivity contribution in [2.24, 2.45) is 14.1 Å². The molecule has 0 spiro atoms. The number of aliphatic hydroxyl groups is 1. The number of nitrogens with one attached hydrogen (secondary N) is 2. The molecule has 30 heavy (non-hydrogen) atoms. The Bertz CT molecular complexity index is 938. The van der Waals surface area contributed by atoms with Crippen molar-refractivity contribution in [3.63, 3.8) is 0 Å². The van der Waals surface area contributed by atoms with Crippen LogP contribution in [0.1, 0.15) is 18.9 Å². The zero-order chi connectivity index (χ0) is 22.1. The molecule has 3 N–H and O–H groups in total. The SMILES string of the molecule is CCCc1ccc(OCC(O)CNCCNc2cc(=O)n(C)c(=O)n2C)c(OC)c1. The quantitative estimate of drug-likeness (QED) is 0.429. The molecule has 0 fully saturated rings. The van der Waals surface area contributed by atoms with Crippen LogP contribution in [-0.4, -0.2) is 53.7 Å². The van der Waals surface area contributed by atoms with Gasteiger partial charge < -0.3 is 25.2 Å². The third kappa shape index (κ3) is 6.36. The first kappa shape index (κ1) is 23.5. The van der Waals surface area contributed by atoms with E-state index in [1.807, 2.05) is 18.2 Å². The Labute approximate surface area is 176 Å². The summed E-state index contributed by atoms with van der Waals surface area (Å²) in [5.41, 5.74) is 0.438. The average Bonchev–Trinajstić information content (AvgIpc) is 2.74. The summed E-state index contributed by atoms with van der Waals surface area (Å²) >= 11 is 0. The van der Waals surface area contributed by atoms with Gasteiger partial charge in [0.25, 0.3) is 5.56 Å². The summed E-state index contributed by atoms with van der Waals surface area (Å²) in [6.07, 6.45) is 1.33. The van der Waals surface area contributed by atoms with Crippen LogP contribution >= 0.6 is 0 Å². The van der Waals surface area contributed by atoms with Crippen LogP contribution in [0.5, 0.6) is 11.5 Å². The maximum Gasteiger partial charge on any atom is 0.332 e. The lowest BCUT2D eigenvalue weighted by Gasteiger charge is -2.16. The van der Waals surface area contributed by atoms with Crippen molar-refractivity contribution < 1.29 is 14.6 Å². The molecule has 2 rings (SSSR count). The highest BCUT2D eigenvalue weighted by atomic mass is 16.5. The van der Waals surface area contributed by atoms with Gasteiger partial charge in [-0.15, -0.1) is 0 Å². The Kier molecular flexibility index (Phi) is 8.94. The fourth-order valence-corrected chi connectivity index (χ4v) is 2.97. The monoisotopic (exact) mass is 420 g/mol. The number of hydrogen-bond donors (Lipinski definition) is 3. The summed E-state index contributed by atoms with van der Waals surface area (Å²) in [6, 6.07) is 7.20. The van der Waals surface area contributed by atoms with Crippen molar-refractivity contribution in [3.05, 3.63) is 50.7 Å². The van der Waals surface area contributed by atoms with Crippen LogP contribution in [0.2, 0.25) is 0 Å². The van der Waals surface area contributed by atoms with E-state index in [0.29, 0.717) is 37.0 Å². The average molecular weight is 421 g/mol. The van der Waals surface area contributed by atoms with Crippen LogP contribution in [-0.2, 0) is 20.5 Å². The highest BCUT2D eigenvalue weighted by Gasteiger charge is 2.10. The van der Waals surface area contributed by atoms with Gasteiger partial charge >= 0.3 is 5.69 Å². The number of rotatable bonds is 12. The molecule has 0 radical (unpaired) electrons. The molecule has 0 saturated carbocycles. The second-order valence-corrected chi connectivity index (χ2v) is 7.10. The minimum Gasteiger partial charge on any atom is -0.493 e. The van der Waals surface area contributed by atoms with Gasteiger partial charge in [-0.3, -0.25) is 13.9 Å². The molecule has 1 aromatic heterocycles. The molecule has 1 heterocycles. The van der Waals surface area contributed by atoms with Crippen molar-refractivity contribution in [1.29, 1.82) is 0 Å². The van der Waals surface area contributed by atoms with E-state index >= 15 is 0 Å². The highest BCUT2D eigenvalue weighted by Crippen LogP contribution is 2.28. The highest BCUT2D eigenvalue weighted by molar-refractivity contribution is 5.43. The number of aromatic nitrogens is 2. The maximum atomic E-state index is 11.9. The first-order chi connectivity index (χ1) is 14.4. The van der Waals surface area contributed by atoms with Crippen LogP contribution in [0.15, 0.2) is 33.9 Å². The summed E-state index contributed by atoms with van der Waals surface area (Å²) in [4.78, 5) is 23.6. The molecule has 0 saturated heterocycles. The molecule has 0 amide bonds. The molecule has 9 nitrogen and oxygen atoms in total. The van der Waals surface area contributed by atoms with Crippen molar-refractivity contribution >= 4 is 5.82 Å². The Morgan fingerprint density at radius 3 is 2.57 bits per heavy atom. The van der Waals surface area contributed by atoms with Gasteiger partial charge in [-0.25, -0.2) is 4.79 Å². The topological polar surface area (TPSA) is 107 Å². The number of benzene rings is 1. The molecule has 0 aliphatic carbocycles. The molecule has 1 atom stereocenters. The molecular weight excluding hydrogens is 388 g/mol. The van der Waals surface area contributed by atoms with Crippen LogP contribution in [0.3, 0.4) is 0 Å². The van der Waals surface area contributed by atoms with Crippen molar-refractivity contribution in [2.45, 2.75) is 25.9 Å². The number of ether oxygens (including phenoxy) is 2. The number of hydrogen-bond acceptors (Lipinski definition) is 7. The maximum absolute atomic E-state index is 11.9. The third-order valence-corrected chi connectivity index (χ3v) is 4.71. The molecule has 1 aromatic carbocycles. The van der Waals surface area contributed by atoms with E-state index in [1.165, 1.54) is 23.2 Å². The molecule has 1 unspecified atom stereocenters. The minimum absolute atomic E-state index is 0.132. The predicted molar refractivity (Wildman–Crippen MR) is 117 cm³/mol. The number of methoxy groups -OCH3 is 1. The Morgan fingerprint density at radius 2 is 1.87 bits per heavy atom. The molecule has 0 bridgehead atoms. The van der Waals surface area contributed by atoms with E-state index in [2.05, 4.69) is 17.6 Å². The first-order valence-electron chi connectivity index (χ1n) is 10.1. The number of nitrogens with zero attached hydrogens (tertiary/aromatic N) is 2. The van der Waals surface area contributed by atoms with Crippen LogP contribution < -0.4 is 31.4 Å². The van der Waals surface area contributed by atoms with E-state index in [1.54, 1.807) is 14.2 Å². The lowest BCUT2D eigenvalue weighted by atomic mass is 10.1. The fourth-order valence-electron chi connectivity index (χ4n) is 2.97. The Hall–Kier alpha value is -2.78. The van der Waals surface area contributed by atoms with E-state index in [-0.39, 0.29) is 17.9 Å². The predicted octanol–water partition coefficient (Wildman–Crippen LogP) is 0.487. The second-order valence-electron chi connectivity index (χ2n) is 7.10. The molecule has 166 valence electrons. The number of aryl methyl sites for hydroxylation is 1. The Morgan fingerprint density at radius 1 is 1.10 bits per heavy atom. The van der Waals surface area contributed by atoms with Gasteiger partial charge in [0.15, 0.2) is 11.5 Å². The summed E-state index contributed by atoms with van der Waals surface area (Å²) in [6.45, 7) is 3.62. The molecule has 0 aliphatic rings. The summed E-state index contributed by atoms with van der Waals surface area (Å²) in [5.74, 6) is 1.71. The van der Waals surface area contributed by atoms with E-state index in [9.17, 15) is 14.7 Å². The first-order valence-corrected chi connectivity index (χ1v) is 10.1. The second kappa shape index (κ2) is 11.4. The van der Waals surface area contributed by atoms with Crippen molar-refractivity contribution in [1.82, 2.24) is 14.5 Å². The molecule has 2 aromatic rings. The van der Waals surface area contributed by atoms with Crippen LogP contribution in [0.4, 0.5) is 5.82 Å². The van der Waals surface area contributed by atoms with Gasteiger partial charge in [0.2, 0.25) is 0 Å². The third-order valence-electron chi connectivity index (χ3n) is 4.71. The number of anilines is 1. The summed E-state index contributed by atoms with van der Waals surface area (Å²) in [5, 5.41) is 16.3. The molecule has 0 aliphatic heterocycles. The smallest absolute Gasteiger partial charge is 0.332 e.